The summed E-state index contributed by atoms with van der Waals surface area (Å²) in [5.41, 5.74) is 5.41. The fraction of sp³-hybridized carbons (Fsp3) is 0.722. The molecule has 0 aromatic rings. The zero-order chi connectivity index (χ0) is 64.4. The highest BCUT2D eigenvalue weighted by molar-refractivity contribution is 7.47. The van der Waals surface area contributed by atoms with E-state index in [2.05, 4.69) is 135 Å². The van der Waals surface area contributed by atoms with E-state index in [9.17, 15) is 19.0 Å². The number of phosphoric acid groups is 1. The van der Waals surface area contributed by atoms with E-state index >= 15 is 0 Å². The molecule has 0 rings (SSSR count). The molecule has 2 unspecified atom stereocenters. The summed E-state index contributed by atoms with van der Waals surface area (Å²) in [4.78, 5) is 35.4. The number of unbranched alkanes of at least 4 members (excludes halogenated alkanes) is 36. The molecule has 0 spiro atoms. The van der Waals surface area contributed by atoms with Gasteiger partial charge in [-0.1, -0.05) is 334 Å². The minimum Gasteiger partial charge on any atom is -0.462 e. The lowest BCUT2D eigenvalue weighted by molar-refractivity contribution is -0.161. The van der Waals surface area contributed by atoms with Crippen molar-refractivity contribution in [3.05, 3.63) is 122 Å². The van der Waals surface area contributed by atoms with Crippen molar-refractivity contribution in [1.82, 2.24) is 0 Å². The van der Waals surface area contributed by atoms with Gasteiger partial charge in [-0.3, -0.25) is 18.6 Å². The number of allylic oxidation sites excluding steroid dienone is 20. The number of carbonyl (C=O) groups excluding carboxylic acids is 2. The van der Waals surface area contributed by atoms with Crippen LogP contribution >= 0.6 is 7.82 Å². The second-order valence-corrected chi connectivity index (χ2v) is 25.9. The van der Waals surface area contributed by atoms with E-state index in [4.69, 9.17) is 24.3 Å². The van der Waals surface area contributed by atoms with Crippen LogP contribution in [-0.4, -0.2) is 49.3 Å². The highest BCUT2D eigenvalue weighted by Gasteiger charge is 2.26. The van der Waals surface area contributed by atoms with E-state index < -0.39 is 26.5 Å². The van der Waals surface area contributed by atoms with Gasteiger partial charge in [0.2, 0.25) is 0 Å². The van der Waals surface area contributed by atoms with Crippen molar-refractivity contribution in [3.63, 3.8) is 0 Å². The van der Waals surface area contributed by atoms with Gasteiger partial charge >= 0.3 is 19.8 Å². The molecule has 0 aliphatic carbocycles. The molecule has 9 nitrogen and oxygen atoms in total. The Bertz CT molecular complexity index is 1880. The second-order valence-electron chi connectivity index (χ2n) is 24.4. The largest absolute Gasteiger partial charge is 0.472 e. The Hall–Kier alpha value is -3.59. The lowest BCUT2D eigenvalue weighted by Gasteiger charge is -2.19. The van der Waals surface area contributed by atoms with Gasteiger partial charge in [-0.25, -0.2) is 4.57 Å². The Morgan fingerprint density at radius 2 is 0.618 bits per heavy atom. The van der Waals surface area contributed by atoms with Gasteiger partial charge in [0, 0.05) is 19.4 Å². The predicted molar refractivity (Wildman–Crippen MR) is 385 cm³/mol. The molecule has 512 valence electrons. The molecule has 0 aromatic heterocycles. The van der Waals surface area contributed by atoms with Crippen molar-refractivity contribution in [3.8, 4) is 0 Å². The summed E-state index contributed by atoms with van der Waals surface area (Å²) in [5.74, 6) is -0.819. The average molecular weight is 1260 g/mol. The summed E-state index contributed by atoms with van der Waals surface area (Å²) in [7, 11) is -4.40. The van der Waals surface area contributed by atoms with E-state index in [0.717, 1.165) is 96.3 Å². The summed E-state index contributed by atoms with van der Waals surface area (Å²) < 4.78 is 33.2. The molecule has 0 aliphatic heterocycles. The van der Waals surface area contributed by atoms with Crippen LogP contribution in [0.5, 0.6) is 0 Å². The van der Waals surface area contributed by atoms with E-state index in [1.54, 1.807) is 0 Å². The van der Waals surface area contributed by atoms with Crippen LogP contribution in [0.25, 0.3) is 0 Å². The average Bonchev–Trinajstić information content (AvgIpc) is 3.58. The first kappa shape index (κ1) is 85.4. The monoisotopic (exact) mass is 1260 g/mol. The van der Waals surface area contributed by atoms with Gasteiger partial charge in [0.15, 0.2) is 6.10 Å². The van der Waals surface area contributed by atoms with Gasteiger partial charge < -0.3 is 20.1 Å². The number of esters is 2. The van der Waals surface area contributed by atoms with Crippen LogP contribution in [0.3, 0.4) is 0 Å². The maximum Gasteiger partial charge on any atom is 0.472 e. The minimum absolute atomic E-state index is 0.0509. The number of rotatable bonds is 69. The molecular weight excluding hydrogens is 1120 g/mol. The van der Waals surface area contributed by atoms with E-state index in [1.807, 2.05) is 0 Å². The molecule has 10 heteroatoms. The van der Waals surface area contributed by atoms with Crippen molar-refractivity contribution in [2.45, 2.75) is 341 Å². The lowest BCUT2D eigenvalue weighted by Crippen LogP contribution is -2.29. The third kappa shape index (κ3) is 73.3. The van der Waals surface area contributed by atoms with Crippen molar-refractivity contribution in [2.75, 3.05) is 26.4 Å². The van der Waals surface area contributed by atoms with Crippen molar-refractivity contribution in [2.24, 2.45) is 5.73 Å². The van der Waals surface area contributed by atoms with Crippen LogP contribution in [0.15, 0.2) is 122 Å². The minimum atomic E-state index is -4.40. The molecule has 0 heterocycles. The molecule has 2 atom stereocenters. The quantitative estimate of drug-likeness (QED) is 0.0264. The molecule has 0 aliphatic rings. The molecule has 0 saturated carbocycles. The number of phosphoric ester groups is 1. The molecule has 0 amide bonds. The van der Waals surface area contributed by atoms with Gasteiger partial charge in [-0.15, -0.1) is 0 Å². The summed E-state index contributed by atoms with van der Waals surface area (Å²) in [6.45, 7) is 3.65. The summed E-state index contributed by atoms with van der Waals surface area (Å²) in [5, 5.41) is 0. The maximum atomic E-state index is 12.8. The molecule has 0 bridgehead atoms. The normalized spacial score (nSPS) is 13.6. The van der Waals surface area contributed by atoms with Crippen LogP contribution in [0.4, 0.5) is 0 Å². The molecular formula is C79H138NO8P. The fourth-order valence-electron chi connectivity index (χ4n) is 10.4. The number of hydrogen-bond donors (Lipinski definition) is 2. The van der Waals surface area contributed by atoms with Gasteiger partial charge in [0.25, 0.3) is 0 Å². The maximum absolute atomic E-state index is 12.8. The molecule has 89 heavy (non-hydrogen) atoms. The number of hydrogen-bond acceptors (Lipinski definition) is 8. The predicted octanol–water partition coefficient (Wildman–Crippen LogP) is 24.6. The van der Waals surface area contributed by atoms with Crippen LogP contribution in [-0.2, 0) is 32.7 Å². The topological polar surface area (TPSA) is 134 Å². The molecule has 3 N–H and O–H groups in total. The molecule has 0 saturated heterocycles. The van der Waals surface area contributed by atoms with Crippen molar-refractivity contribution < 1.29 is 37.6 Å². The Balaban J connectivity index is 3.85. The lowest BCUT2D eigenvalue weighted by atomic mass is 10.0. The Labute approximate surface area is 549 Å². The number of nitrogens with two attached hydrogens (primary N) is 1. The standard InChI is InChI=1S/C79H138NO8P/c1-3-5-7-9-11-13-15-17-19-21-23-25-27-29-31-32-33-34-35-36-37-38-39-40-41-42-43-44-46-48-50-52-54-56-58-60-62-64-66-68-70-72-79(82)88-77(76-87-89(83,84)86-74-73-80)75-85-78(81)71-69-67-65-63-61-59-57-55-53-51-49-47-45-30-28-26-24-22-20-18-16-14-12-10-8-6-4-2/h5,7,11,13,16-19,22-25,29,31,33-34,36-37,39-40,77H,3-4,6,8-10,12,14-15,20-21,26-28,30,32,35,38,41-76,80H2,1-2H3,(H,83,84)/b7-5-,13-11-,18-16-,19-17-,24-22-,25-23-,31-29-,34-33-,37-36-,40-39-. The van der Waals surface area contributed by atoms with Gasteiger partial charge in [0.1, 0.15) is 6.61 Å². The first-order valence-corrected chi connectivity index (χ1v) is 38.5. The van der Waals surface area contributed by atoms with Crippen molar-refractivity contribution >= 4 is 19.8 Å². The van der Waals surface area contributed by atoms with Crippen LogP contribution < -0.4 is 5.73 Å². The van der Waals surface area contributed by atoms with Crippen LogP contribution in [0, 0.1) is 0 Å². The van der Waals surface area contributed by atoms with Crippen LogP contribution in [0.2, 0.25) is 0 Å². The first-order valence-electron chi connectivity index (χ1n) is 37.0. The van der Waals surface area contributed by atoms with Gasteiger partial charge in [-0.05, 0) is 109 Å². The van der Waals surface area contributed by atoms with E-state index in [-0.39, 0.29) is 38.6 Å². The van der Waals surface area contributed by atoms with E-state index in [0.29, 0.717) is 6.42 Å². The highest BCUT2D eigenvalue weighted by Crippen LogP contribution is 2.43. The number of ether oxygens (including phenoxy) is 2. The SMILES string of the molecule is CC/C=C\C/C=C\C/C=C\C/C=C\C/C=C\C/C=C\C/C=C\C/C=C\CCCCCCCCCCCCCCCCCCC(=O)OC(COC(=O)CCCCCCCCCCCCCCCCC/C=C\C/C=C\CCCCCCC)COP(=O)(O)OCCN. The molecule has 0 radical (unpaired) electrons. The first-order chi connectivity index (χ1) is 43.8. The summed E-state index contributed by atoms with van der Waals surface area (Å²) >= 11 is 0. The zero-order valence-electron chi connectivity index (χ0n) is 57.6. The Kier molecular flexibility index (Phi) is 70.5. The van der Waals surface area contributed by atoms with Crippen LogP contribution in [0.1, 0.15) is 335 Å². The smallest absolute Gasteiger partial charge is 0.462 e. The Morgan fingerprint density at radius 1 is 0.348 bits per heavy atom. The summed E-state index contributed by atoms with van der Waals surface area (Å²) in [6, 6.07) is 0. The molecule has 0 fully saturated rings. The van der Waals surface area contributed by atoms with E-state index in [1.165, 1.54) is 205 Å². The summed E-state index contributed by atoms with van der Waals surface area (Å²) in [6.07, 6.45) is 103. The highest BCUT2D eigenvalue weighted by atomic mass is 31.2. The third-order valence-electron chi connectivity index (χ3n) is 15.8. The second kappa shape index (κ2) is 73.5. The van der Waals surface area contributed by atoms with Crippen molar-refractivity contribution in [1.29, 1.82) is 0 Å². The zero-order valence-corrected chi connectivity index (χ0v) is 58.5. The fourth-order valence-corrected chi connectivity index (χ4v) is 11.2. The molecule has 0 aromatic carbocycles. The van der Waals surface area contributed by atoms with Gasteiger partial charge in [0.05, 0.1) is 13.2 Å². The number of carbonyl (C=O) groups is 2. The van der Waals surface area contributed by atoms with Gasteiger partial charge in [-0.2, -0.15) is 0 Å². The Morgan fingerprint density at radius 3 is 0.921 bits per heavy atom. The third-order valence-corrected chi connectivity index (χ3v) is 16.8.